The number of ether oxygens (including phenoxy) is 1. The molecule has 1 aromatic heterocycles. The third kappa shape index (κ3) is 3.02. The molecular formula is C15H13NO3. The van der Waals surface area contributed by atoms with Gasteiger partial charge < -0.3 is 9.72 Å². The zero-order valence-electron chi connectivity index (χ0n) is 10.5. The first-order valence-electron chi connectivity index (χ1n) is 5.95. The van der Waals surface area contributed by atoms with E-state index in [9.17, 15) is 9.59 Å². The molecule has 0 bridgehead atoms. The zero-order chi connectivity index (χ0) is 13.7. The summed E-state index contributed by atoms with van der Waals surface area (Å²) in [5.74, 6) is 5.32. The van der Waals surface area contributed by atoms with E-state index >= 15 is 0 Å². The molecule has 19 heavy (non-hydrogen) atoms. The standard InChI is InChI=1S/C15H13NO3/c1-2-19-15(18)5-3-4-11-6-7-14-13(8-11)12(10-17)9-16-14/h6-10,16H,2,5H2,1H3. The second-order valence-corrected chi connectivity index (χ2v) is 3.91. The monoisotopic (exact) mass is 255 g/mol. The Morgan fingerprint density at radius 2 is 2.32 bits per heavy atom. The van der Waals surface area contributed by atoms with Crippen LogP contribution in [0.2, 0.25) is 0 Å². The number of fused-ring (bicyclic) bond motifs is 1. The minimum absolute atomic E-state index is 0.0690. The van der Waals surface area contributed by atoms with Gasteiger partial charge in [0.1, 0.15) is 6.42 Å². The topological polar surface area (TPSA) is 59.2 Å². The van der Waals surface area contributed by atoms with Gasteiger partial charge in [0.15, 0.2) is 6.29 Å². The highest BCUT2D eigenvalue weighted by molar-refractivity contribution is 5.97. The molecule has 0 spiro atoms. The van der Waals surface area contributed by atoms with E-state index < -0.39 is 0 Å². The quantitative estimate of drug-likeness (QED) is 0.520. The van der Waals surface area contributed by atoms with Crippen LogP contribution in [0, 0.1) is 11.8 Å². The molecule has 0 atom stereocenters. The Bertz CT molecular complexity index is 673. The number of hydrogen-bond acceptors (Lipinski definition) is 3. The molecule has 0 saturated heterocycles. The summed E-state index contributed by atoms with van der Waals surface area (Å²) < 4.78 is 4.78. The molecule has 4 nitrogen and oxygen atoms in total. The van der Waals surface area contributed by atoms with Crippen molar-refractivity contribution in [3.8, 4) is 11.8 Å². The molecule has 0 saturated carbocycles. The molecule has 4 heteroatoms. The van der Waals surface area contributed by atoms with Crippen molar-refractivity contribution < 1.29 is 14.3 Å². The van der Waals surface area contributed by atoms with Crippen molar-refractivity contribution in [2.24, 2.45) is 0 Å². The second kappa shape index (κ2) is 5.87. The number of carbonyl (C=O) groups excluding carboxylic acids is 2. The smallest absolute Gasteiger partial charge is 0.317 e. The first-order chi connectivity index (χ1) is 9.24. The highest BCUT2D eigenvalue weighted by atomic mass is 16.5. The maximum atomic E-state index is 11.1. The van der Waals surface area contributed by atoms with Crippen molar-refractivity contribution in [3.63, 3.8) is 0 Å². The lowest BCUT2D eigenvalue weighted by molar-refractivity contribution is -0.141. The molecule has 1 heterocycles. The molecule has 0 radical (unpaired) electrons. The third-order valence-corrected chi connectivity index (χ3v) is 2.61. The SMILES string of the molecule is CCOC(=O)CC#Cc1ccc2[nH]cc(C=O)c2c1. The predicted octanol–water partition coefficient (Wildman–Crippen LogP) is 2.29. The van der Waals surface area contributed by atoms with E-state index in [1.54, 1.807) is 13.1 Å². The first kappa shape index (κ1) is 12.9. The van der Waals surface area contributed by atoms with Gasteiger partial charge in [-0.1, -0.05) is 11.8 Å². The van der Waals surface area contributed by atoms with Gasteiger partial charge in [0.2, 0.25) is 0 Å². The van der Waals surface area contributed by atoms with E-state index in [0.717, 1.165) is 22.8 Å². The van der Waals surface area contributed by atoms with Gasteiger partial charge >= 0.3 is 5.97 Å². The van der Waals surface area contributed by atoms with Crippen LogP contribution in [0.25, 0.3) is 10.9 Å². The summed E-state index contributed by atoms with van der Waals surface area (Å²) in [4.78, 5) is 25.0. The van der Waals surface area contributed by atoms with Crippen molar-refractivity contribution in [1.82, 2.24) is 4.98 Å². The Hall–Kier alpha value is -2.54. The molecule has 0 fully saturated rings. The van der Waals surface area contributed by atoms with Crippen molar-refractivity contribution in [2.45, 2.75) is 13.3 Å². The lowest BCUT2D eigenvalue weighted by Crippen LogP contribution is -2.01. The van der Waals surface area contributed by atoms with E-state index in [1.165, 1.54) is 0 Å². The maximum absolute atomic E-state index is 11.1. The van der Waals surface area contributed by atoms with E-state index in [4.69, 9.17) is 4.74 Å². The lowest BCUT2D eigenvalue weighted by Gasteiger charge is -1.95. The van der Waals surface area contributed by atoms with Crippen LogP contribution >= 0.6 is 0 Å². The largest absolute Gasteiger partial charge is 0.465 e. The Labute approximate surface area is 110 Å². The number of hydrogen-bond donors (Lipinski definition) is 1. The highest BCUT2D eigenvalue weighted by Gasteiger charge is 2.02. The summed E-state index contributed by atoms with van der Waals surface area (Å²) in [6, 6.07) is 5.52. The molecule has 1 N–H and O–H groups in total. The fourth-order valence-electron chi connectivity index (χ4n) is 1.75. The number of rotatable bonds is 3. The van der Waals surface area contributed by atoms with Crippen LogP contribution in [0.15, 0.2) is 24.4 Å². The number of aromatic amines is 1. The minimum Gasteiger partial charge on any atom is -0.465 e. The van der Waals surface area contributed by atoms with Crippen LogP contribution < -0.4 is 0 Å². The number of nitrogens with one attached hydrogen (secondary N) is 1. The zero-order valence-corrected chi connectivity index (χ0v) is 10.5. The maximum Gasteiger partial charge on any atom is 0.317 e. The van der Waals surface area contributed by atoms with Gasteiger partial charge in [-0.05, 0) is 25.1 Å². The first-order valence-corrected chi connectivity index (χ1v) is 5.95. The molecule has 0 aliphatic rings. The van der Waals surface area contributed by atoms with Crippen molar-refractivity contribution >= 4 is 23.2 Å². The Kier molecular flexibility index (Phi) is 3.99. The van der Waals surface area contributed by atoms with Crippen molar-refractivity contribution in [2.75, 3.05) is 6.61 Å². The van der Waals surface area contributed by atoms with Crippen LogP contribution in [0.3, 0.4) is 0 Å². The van der Waals surface area contributed by atoms with E-state index in [2.05, 4.69) is 16.8 Å². The van der Waals surface area contributed by atoms with E-state index in [0.29, 0.717) is 12.2 Å². The number of aldehydes is 1. The third-order valence-electron chi connectivity index (χ3n) is 2.61. The molecule has 1 aromatic carbocycles. The summed E-state index contributed by atoms with van der Waals surface area (Å²) in [6.07, 6.45) is 2.53. The molecule has 0 aliphatic carbocycles. The number of carbonyl (C=O) groups is 2. The molecule has 2 aromatic rings. The molecule has 0 unspecified atom stereocenters. The van der Waals surface area contributed by atoms with Crippen molar-refractivity contribution in [1.29, 1.82) is 0 Å². The van der Waals surface area contributed by atoms with Gasteiger partial charge in [0.25, 0.3) is 0 Å². The highest BCUT2D eigenvalue weighted by Crippen LogP contribution is 2.18. The minimum atomic E-state index is -0.327. The van der Waals surface area contributed by atoms with Gasteiger partial charge in [0, 0.05) is 28.2 Å². The average Bonchev–Trinajstić information content (AvgIpc) is 2.81. The normalized spacial score (nSPS) is 9.74. The predicted molar refractivity (Wildman–Crippen MR) is 71.8 cm³/mol. The van der Waals surface area contributed by atoms with Crippen LogP contribution in [-0.4, -0.2) is 23.8 Å². The lowest BCUT2D eigenvalue weighted by atomic mass is 10.1. The molecule has 2 rings (SSSR count). The van der Waals surface area contributed by atoms with Crippen LogP contribution in [0.4, 0.5) is 0 Å². The Morgan fingerprint density at radius 3 is 3.05 bits per heavy atom. The fourth-order valence-corrected chi connectivity index (χ4v) is 1.75. The summed E-state index contributed by atoms with van der Waals surface area (Å²) in [7, 11) is 0. The van der Waals surface area contributed by atoms with Gasteiger partial charge in [-0.25, -0.2) is 0 Å². The van der Waals surface area contributed by atoms with Gasteiger partial charge in [-0.3, -0.25) is 9.59 Å². The van der Waals surface area contributed by atoms with E-state index in [1.807, 2.05) is 18.2 Å². The van der Waals surface area contributed by atoms with Gasteiger partial charge in [-0.15, -0.1) is 0 Å². The fraction of sp³-hybridized carbons (Fsp3) is 0.200. The number of benzene rings is 1. The number of H-pyrrole nitrogens is 1. The Balaban J connectivity index is 2.19. The second-order valence-electron chi connectivity index (χ2n) is 3.91. The average molecular weight is 255 g/mol. The van der Waals surface area contributed by atoms with Gasteiger partial charge in [0.05, 0.1) is 6.61 Å². The number of aromatic nitrogens is 1. The van der Waals surface area contributed by atoms with Crippen LogP contribution in [0.1, 0.15) is 29.3 Å². The molecular weight excluding hydrogens is 242 g/mol. The Morgan fingerprint density at radius 1 is 1.47 bits per heavy atom. The molecule has 0 aliphatic heterocycles. The molecule has 96 valence electrons. The summed E-state index contributed by atoms with van der Waals surface area (Å²) in [5.41, 5.74) is 2.25. The van der Waals surface area contributed by atoms with Crippen LogP contribution in [0.5, 0.6) is 0 Å². The van der Waals surface area contributed by atoms with Crippen LogP contribution in [-0.2, 0) is 9.53 Å². The number of esters is 1. The van der Waals surface area contributed by atoms with E-state index in [-0.39, 0.29) is 12.4 Å². The van der Waals surface area contributed by atoms with Crippen molar-refractivity contribution in [3.05, 3.63) is 35.5 Å². The summed E-state index contributed by atoms with van der Waals surface area (Å²) >= 11 is 0. The van der Waals surface area contributed by atoms with Gasteiger partial charge in [-0.2, -0.15) is 0 Å². The summed E-state index contributed by atoms with van der Waals surface area (Å²) in [5, 5.41) is 0.831. The molecule has 0 amide bonds. The summed E-state index contributed by atoms with van der Waals surface area (Å²) in [6.45, 7) is 2.12.